The van der Waals surface area contributed by atoms with Gasteiger partial charge in [0.25, 0.3) is 5.91 Å². The number of methoxy groups -OCH3 is 2. The minimum Gasteiger partial charge on any atom is -0.453 e. The second-order valence-corrected chi connectivity index (χ2v) is 20.8. The van der Waals surface area contributed by atoms with Crippen LogP contribution in [-0.2, 0) is 36.8 Å². The number of anilines is 1. The van der Waals surface area contributed by atoms with Gasteiger partial charge in [-0.25, -0.2) is 28.4 Å². The SMILES string of the molecule is COC(=O)NC(C(=O)N[C@@H](Cc1ccc(C#Cc2ccc(N3CC4CCC(C3)N4C3COC3)nc2)cc1)[C@@H](O)CN(Cc1ccc(-c2ccc(F)cn2)cc1F)NC(=O)[C@@H](NC(=O)OC)C(C)(C)C(F)(F)F)C(C)(C)C(F)(F)F. The molecule has 0 spiro atoms. The van der Waals surface area contributed by atoms with Gasteiger partial charge in [0.15, 0.2) is 0 Å². The number of hydrogen-bond acceptors (Lipinski definition) is 13. The molecule has 4 aromatic rings. The summed E-state index contributed by atoms with van der Waals surface area (Å²) in [5, 5.41) is 19.0. The standard InChI is InChI=1S/C54H61F8N9O8/c1-51(2,53(57,58)59)45(66-49(75)77-5)47(73)65-42(21-32-10-7-31(8-11-32)9-12-33-13-20-44(64-23-33)69-26-37-17-18-38(27-69)71(37)39-29-79-30-39)43(72)28-70(68-48(74)46(67-50(76)78-6)52(3,4)54(60,61)62)25-35-15-14-34(22-40(35)56)41-19-16-36(55)24-63-41/h7-8,10-11,13-16,19-20,22-24,37-39,42-43,45-46,72H,17-18,21,25-30H2,1-6H3,(H,65,73)(H,66,75)(H,67,76)(H,68,74)/t37?,38?,42-,43-,45?,46+/m0/s1. The lowest BCUT2D eigenvalue weighted by atomic mass is 9.82. The smallest absolute Gasteiger partial charge is 0.407 e. The summed E-state index contributed by atoms with van der Waals surface area (Å²) in [6.45, 7) is 4.13. The van der Waals surface area contributed by atoms with E-state index in [4.69, 9.17) is 9.72 Å². The molecule has 2 aromatic heterocycles. The molecule has 25 heteroatoms. The van der Waals surface area contributed by atoms with Gasteiger partial charge in [-0.15, -0.1) is 0 Å². The molecule has 2 aromatic carbocycles. The largest absolute Gasteiger partial charge is 0.453 e. The fraction of sp³-hybridized carbons (Fsp3) is 0.481. The number of alkyl halides is 6. The summed E-state index contributed by atoms with van der Waals surface area (Å²) in [7, 11) is 1.70. The van der Waals surface area contributed by atoms with Crippen LogP contribution in [0.2, 0.25) is 0 Å². The maximum atomic E-state index is 16.0. The van der Waals surface area contributed by atoms with Crippen LogP contribution in [0.25, 0.3) is 11.3 Å². The van der Waals surface area contributed by atoms with Crippen molar-refractivity contribution in [2.24, 2.45) is 10.8 Å². The number of aromatic nitrogens is 2. The molecule has 17 nitrogen and oxygen atoms in total. The van der Waals surface area contributed by atoms with Crippen molar-refractivity contribution < 1.29 is 73.6 Å². The third kappa shape index (κ3) is 14.2. The first-order valence-electron chi connectivity index (χ1n) is 25.1. The molecule has 0 radical (unpaired) electrons. The first-order chi connectivity index (χ1) is 37.2. The molecule has 7 rings (SSSR count). The van der Waals surface area contributed by atoms with E-state index in [1.807, 2.05) is 22.8 Å². The van der Waals surface area contributed by atoms with Crippen molar-refractivity contribution in [1.82, 2.24) is 41.3 Å². The zero-order chi connectivity index (χ0) is 57.6. The van der Waals surface area contributed by atoms with E-state index < -0.39 is 96.1 Å². The summed E-state index contributed by atoms with van der Waals surface area (Å²) >= 11 is 0. The Morgan fingerprint density at radius 2 is 1.33 bits per heavy atom. The highest BCUT2D eigenvalue weighted by molar-refractivity contribution is 5.87. The number of nitrogens with one attached hydrogen (secondary N) is 4. The number of benzene rings is 2. The van der Waals surface area contributed by atoms with Crippen LogP contribution < -0.4 is 26.3 Å². The number of halogens is 8. The number of carbonyl (C=O) groups is 4. The molecule has 426 valence electrons. The quantitative estimate of drug-likeness (QED) is 0.0416. The van der Waals surface area contributed by atoms with E-state index >= 15 is 4.39 Å². The highest BCUT2D eigenvalue weighted by Gasteiger charge is 2.57. The average Bonchev–Trinajstić information content (AvgIpc) is 3.86. The molecule has 3 unspecified atom stereocenters. The Morgan fingerprint density at radius 3 is 1.84 bits per heavy atom. The van der Waals surface area contributed by atoms with Crippen molar-refractivity contribution in [2.75, 3.05) is 52.0 Å². The highest BCUT2D eigenvalue weighted by atomic mass is 19.4. The first-order valence-corrected chi connectivity index (χ1v) is 25.1. The van der Waals surface area contributed by atoms with Crippen molar-refractivity contribution in [2.45, 2.75) is 108 Å². The number of aliphatic hydroxyl groups is 1. The summed E-state index contributed by atoms with van der Waals surface area (Å²) in [6, 6.07) is 10.9. The Labute approximate surface area is 450 Å². The molecule has 6 atom stereocenters. The number of aliphatic hydroxyl groups excluding tert-OH is 1. The van der Waals surface area contributed by atoms with Crippen molar-refractivity contribution in [3.8, 4) is 23.1 Å². The number of ether oxygens (including phenoxy) is 3. The van der Waals surface area contributed by atoms with E-state index in [2.05, 4.69) is 46.8 Å². The normalized spacial score (nSPS) is 18.5. The Bertz CT molecular complexity index is 2850. The maximum absolute atomic E-state index is 16.0. The van der Waals surface area contributed by atoms with Crippen molar-refractivity contribution in [3.63, 3.8) is 0 Å². The molecule has 3 aliphatic rings. The molecule has 5 N–H and O–H groups in total. The van der Waals surface area contributed by atoms with Crippen LogP contribution in [0.3, 0.4) is 0 Å². The molecule has 0 aliphatic carbocycles. The number of amides is 4. The van der Waals surface area contributed by atoms with Crippen LogP contribution in [-0.4, -0.2) is 151 Å². The van der Waals surface area contributed by atoms with E-state index in [0.29, 0.717) is 62.5 Å². The molecule has 4 amide bonds. The summed E-state index contributed by atoms with van der Waals surface area (Å²) < 4.78 is 131. The number of hydrazine groups is 1. The van der Waals surface area contributed by atoms with Gasteiger partial charge in [0.1, 0.15) is 29.5 Å². The van der Waals surface area contributed by atoms with Crippen LogP contribution in [0.15, 0.2) is 79.1 Å². The Hall–Kier alpha value is -7.14. The number of piperazine rings is 1. The van der Waals surface area contributed by atoms with Crippen LogP contribution in [0.1, 0.15) is 62.8 Å². The second kappa shape index (κ2) is 24.5. The van der Waals surface area contributed by atoms with E-state index in [9.17, 15) is 55.0 Å². The van der Waals surface area contributed by atoms with Crippen LogP contribution in [0.5, 0.6) is 0 Å². The van der Waals surface area contributed by atoms with Gasteiger partial charge in [-0.3, -0.25) is 24.9 Å². The third-order valence-corrected chi connectivity index (χ3v) is 14.6. The second-order valence-electron chi connectivity index (χ2n) is 20.8. The number of rotatable bonds is 18. The van der Waals surface area contributed by atoms with Crippen molar-refractivity contribution in [3.05, 3.63) is 113 Å². The lowest BCUT2D eigenvalue weighted by molar-refractivity contribution is -0.221. The number of carbonyl (C=O) groups excluding carboxylic acids is 4. The van der Waals surface area contributed by atoms with Gasteiger partial charge in [-0.2, -0.15) is 26.3 Å². The number of nitrogens with zero attached hydrogens (tertiary/aromatic N) is 5. The molecule has 5 heterocycles. The van der Waals surface area contributed by atoms with Gasteiger partial charge in [0.2, 0.25) is 5.91 Å². The first kappa shape index (κ1) is 59.5. The van der Waals surface area contributed by atoms with Gasteiger partial charge in [0.05, 0.1) is 68.3 Å². The molecule has 0 saturated carbocycles. The van der Waals surface area contributed by atoms with E-state index in [1.165, 1.54) is 18.2 Å². The van der Waals surface area contributed by atoms with Crippen molar-refractivity contribution >= 4 is 29.8 Å². The third-order valence-electron chi connectivity index (χ3n) is 14.6. The fourth-order valence-electron chi connectivity index (χ4n) is 9.57. The Balaban J connectivity index is 1.16. The minimum absolute atomic E-state index is 0.153. The van der Waals surface area contributed by atoms with Gasteiger partial charge in [0, 0.05) is 66.7 Å². The highest BCUT2D eigenvalue weighted by Crippen LogP contribution is 2.42. The molecular formula is C54H61F8N9O8. The molecule has 3 fully saturated rings. The fourth-order valence-corrected chi connectivity index (χ4v) is 9.57. The van der Waals surface area contributed by atoms with Gasteiger partial charge >= 0.3 is 24.5 Å². The summed E-state index contributed by atoms with van der Waals surface area (Å²) in [6.07, 6.45) is -10.7. The lowest BCUT2D eigenvalue weighted by Crippen LogP contribution is -2.63. The predicted octanol–water partition coefficient (Wildman–Crippen LogP) is 6.42. The van der Waals surface area contributed by atoms with Gasteiger partial charge in [-0.1, -0.05) is 36.1 Å². The number of pyridine rings is 2. The maximum Gasteiger partial charge on any atom is 0.407 e. The van der Waals surface area contributed by atoms with Gasteiger partial charge in [-0.05, 0) is 95.0 Å². The van der Waals surface area contributed by atoms with E-state index in [0.717, 1.165) is 82.5 Å². The van der Waals surface area contributed by atoms with Gasteiger partial charge < -0.3 is 40.2 Å². The van der Waals surface area contributed by atoms with Crippen LogP contribution in [0, 0.1) is 34.3 Å². The molecule has 3 saturated heterocycles. The Kier molecular flexibility index (Phi) is 18.4. The number of hydrogen-bond donors (Lipinski definition) is 5. The van der Waals surface area contributed by atoms with E-state index in [-0.39, 0.29) is 23.2 Å². The number of alkyl carbamates (subject to hydrolysis) is 2. The zero-order valence-electron chi connectivity index (χ0n) is 44.0. The topological polar surface area (TPSA) is 200 Å². The molecular weight excluding hydrogens is 1050 g/mol. The summed E-state index contributed by atoms with van der Waals surface area (Å²) in [4.78, 5) is 66.4. The monoisotopic (exact) mass is 1120 g/mol. The van der Waals surface area contributed by atoms with Crippen molar-refractivity contribution in [1.29, 1.82) is 0 Å². The lowest BCUT2D eigenvalue weighted by Gasteiger charge is -2.47. The summed E-state index contributed by atoms with van der Waals surface area (Å²) in [5.41, 5.74) is -2.22. The minimum atomic E-state index is -5.14. The molecule has 3 aliphatic heterocycles. The zero-order valence-corrected chi connectivity index (χ0v) is 44.0. The number of fused-ring (bicyclic) bond motifs is 2. The summed E-state index contributed by atoms with van der Waals surface area (Å²) in [5.74, 6) is 2.33. The molecule has 2 bridgehead atoms. The Morgan fingerprint density at radius 1 is 0.747 bits per heavy atom. The average molecular weight is 1120 g/mol. The predicted molar refractivity (Wildman–Crippen MR) is 270 cm³/mol. The van der Waals surface area contributed by atoms with Crippen LogP contribution >= 0.6 is 0 Å². The van der Waals surface area contributed by atoms with E-state index in [1.54, 1.807) is 30.5 Å². The molecule has 79 heavy (non-hydrogen) atoms. The van der Waals surface area contributed by atoms with Crippen LogP contribution in [0.4, 0.5) is 50.5 Å².